The molecule has 0 bridgehead atoms. The van der Waals surface area contributed by atoms with Crippen LogP contribution in [0.5, 0.6) is 5.75 Å². The fourth-order valence-corrected chi connectivity index (χ4v) is 5.40. The second-order valence-electron chi connectivity index (χ2n) is 8.34. The molecule has 0 aliphatic carbocycles. The number of allylic oxidation sites excluding steroid dienone is 1. The Kier molecular flexibility index (Phi) is 7.82. The summed E-state index contributed by atoms with van der Waals surface area (Å²) in [5, 5.41) is 0. The summed E-state index contributed by atoms with van der Waals surface area (Å²) >= 11 is 2.89. The number of hydrogen-bond donors (Lipinski definition) is 0. The number of thiazole rings is 1. The minimum atomic E-state index is -0.654. The maximum absolute atomic E-state index is 13.8. The summed E-state index contributed by atoms with van der Waals surface area (Å²) in [6.45, 7) is 5.49. The lowest BCUT2D eigenvalue weighted by Crippen LogP contribution is -2.40. The first kappa shape index (κ1) is 25.5. The molecule has 8 heteroatoms. The van der Waals surface area contributed by atoms with Gasteiger partial charge in [-0.05, 0) is 56.9 Å². The monoisotopic (exact) mass is 518 g/mol. The number of fused-ring (bicyclic) bond motifs is 1. The van der Waals surface area contributed by atoms with E-state index in [2.05, 4.69) is 10.9 Å². The van der Waals surface area contributed by atoms with Crippen molar-refractivity contribution in [3.8, 4) is 18.1 Å². The van der Waals surface area contributed by atoms with E-state index in [1.807, 2.05) is 48.7 Å². The van der Waals surface area contributed by atoms with Crippen LogP contribution in [0.2, 0.25) is 0 Å². The molecule has 0 amide bonds. The van der Waals surface area contributed by atoms with Crippen molar-refractivity contribution in [2.45, 2.75) is 37.8 Å². The van der Waals surface area contributed by atoms with Crippen LogP contribution in [-0.4, -0.2) is 29.5 Å². The Morgan fingerprint density at radius 2 is 1.97 bits per heavy atom. The number of terminal acetylenes is 1. The molecule has 1 aliphatic rings. The highest BCUT2D eigenvalue weighted by molar-refractivity contribution is 7.98. The van der Waals surface area contributed by atoms with E-state index in [-0.39, 0.29) is 18.3 Å². The number of nitrogens with zero attached hydrogens (tertiary/aromatic N) is 2. The molecule has 0 radical (unpaired) electrons. The predicted octanol–water partition coefficient (Wildman–Crippen LogP) is 3.92. The van der Waals surface area contributed by atoms with Crippen LogP contribution in [0.15, 0.2) is 74.5 Å². The van der Waals surface area contributed by atoms with Crippen LogP contribution in [0, 0.1) is 12.3 Å². The van der Waals surface area contributed by atoms with Crippen LogP contribution >= 0.6 is 23.1 Å². The van der Waals surface area contributed by atoms with Crippen LogP contribution in [-0.2, 0) is 9.53 Å². The van der Waals surface area contributed by atoms with Gasteiger partial charge in [0.1, 0.15) is 12.4 Å². The van der Waals surface area contributed by atoms with Crippen molar-refractivity contribution in [2.75, 3.05) is 12.9 Å². The smallest absolute Gasteiger partial charge is 0.338 e. The normalized spacial score (nSPS) is 15.3. The van der Waals surface area contributed by atoms with E-state index in [4.69, 9.17) is 15.9 Å². The Hall–Kier alpha value is -3.54. The summed E-state index contributed by atoms with van der Waals surface area (Å²) in [7, 11) is 0. The third-order valence-corrected chi connectivity index (χ3v) is 7.26. The predicted molar refractivity (Wildman–Crippen MR) is 144 cm³/mol. The topological polar surface area (TPSA) is 69.9 Å². The maximum Gasteiger partial charge on any atom is 0.338 e. The molecule has 0 N–H and O–H groups in total. The molecular formula is C28H26N2O4S2. The third kappa shape index (κ3) is 5.18. The van der Waals surface area contributed by atoms with Gasteiger partial charge in [-0.1, -0.05) is 47.6 Å². The Bertz CT molecular complexity index is 1540. The summed E-state index contributed by atoms with van der Waals surface area (Å²) in [5.41, 5.74) is 2.19. The first-order valence-corrected chi connectivity index (χ1v) is 13.4. The molecule has 6 nitrogen and oxygen atoms in total. The van der Waals surface area contributed by atoms with Gasteiger partial charge < -0.3 is 9.47 Å². The summed E-state index contributed by atoms with van der Waals surface area (Å²) in [6, 6.07) is 14.6. The van der Waals surface area contributed by atoms with Crippen LogP contribution in [0.3, 0.4) is 0 Å². The molecule has 0 spiro atoms. The molecule has 1 aliphatic heterocycles. The van der Waals surface area contributed by atoms with Crippen molar-refractivity contribution in [1.82, 2.24) is 4.57 Å². The van der Waals surface area contributed by atoms with Crippen LogP contribution in [0.4, 0.5) is 0 Å². The number of carbonyl (C=O) groups excluding carboxylic acids is 1. The molecule has 184 valence electrons. The summed E-state index contributed by atoms with van der Waals surface area (Å²) in [4.78, 5) is 33.2. The van der Waals surface area contributed by atoms with Gasteiger partial charge in [0.2, 0.25) is 0 Å². The molecule has 3 aromatic rings. The molecule has 2 aromatic carbocycles. The van der Waals surface area contributed by atoms with Crippen LogP contribution < -0.4 is 19.6 Å². The van der Waals surface area contributed by atoms with E-state index < -0.39 is 12.0 Å². The van der Waals surface area contributed by atoms with Crippen LogP contribution in [0.25, 0.3) is 6.08 Å². The third-order valence-electron chi connectivity index (χ3n) is 5.53. The zero-order valence-electron chi connectivity index (χ0n) is 20.5. The molecule has 4 rings (SSSR count). The van der Waals surface area contributed by atoms with Crippen molar-refractivity contribution in [3.05, 3.63) is 90.6 Å². The molecular weight excluding hydrogens is 492 g/mol. The molecule has 0 fully saturated rings. The standard InChI is InChI=1S/C28H26N2O4S2/c1-6-15-33-22-10-8-7-9-20(22)16-23-26(31)30-25(19-11-13-21(35-5)14-12-19)24(27(32)34-17(2)3)18(4)29-28(30)36-23/h1,7-14,16-17,25H,15H2,2-5H3/b23-16-/t25-/m0/s1. The number of thioether (sulfide) groups is 1. The van der Waals surface area contributed by atoms with Crippen LogP contribution in [0.1, 0.15) is 37.9 Å². The second-order valence-corrected chi connectivity index (χ2v) is 10.2. The highest BCUT2D eigenvalue weighted by atomic mass is 32.2. The van der Waals surface area contributed by atoms with Gasteiger partial charge in [0.25, 0.3) is 5.56 Å². The fraction of sp³-hybridized carbons (Fsp3) is 0.250. The first-order valence-electron chi connectivity index (χ1n) is 11.4. The van der Waals surface area contributed by atoms with Crippen molar-refractivity contribution in [3.63, 3.8) is 0 Å². The zero-order chi connectivity index (χ0) is 25.8. The van der Waals surface area contributed by atoms with Crippen molar-refractivity contribution in [1.29, 1.82) is 0 Å². The van der Waals surface area contributed by atoms with Gasteiger partial charge in [-0.25, -0.2) is 9.79 Å². The Balaban J connectivity index is 1.91. The molecule has 1 atom stereocenters. The highest BCUT2D eigenvalue weighted by Crippen LogP contribution is 2.32. The number of benzene rings is 2. The van der Waals surface area contributed by atoms with Crippen molar-refractivity contribution < 1.29 is 14.3 Å². The number of hydrogen-bond acceptors (Lipinski definition) is 7. The van der Waals surface area contributed by atoms with E-state index in [1.165, 1.54) is 11.3 Å². The second kappa shape index (κ2) is 11.0. The van der Waals surface area contributed by atoms with Gasteiger partial charge >= 0.3 is 5.97 Å². The van der Waals surface area contributed by atoms with Gasteiger partial charge in [-0.2, -0.15) is 0 Å². The lowest BCUT2D eigenvalue weighted by molar-refractivity contribution is -0.143. The van der Waals surface area contributed by atoms with E-state index in [0.717, 1.165) is 16.0 Å². The number of carbonyl (C=O) groups is 1. The average molecular weight is 519 g/mol. The summed E-state index contributed by atoms with van der Waals surface area (Å²) in [6.07, 6.45) is 8.81. The van der Waals surface area contributed by atoms with Gasteiger partial charge in [0.05, 0.1) is 27.9 Å². The molecule has 1 aromatic heterocycles. The number of para-hydroxylation sites is 1. The van der Waals surface area contributed by atoms with Crippen molar-refractivity contribution in [2.24, 2.45) is 4.99 Å². The maximum atomic E-state index is 13.8. The Morgan fingerprint density at radius 1 is 1.25 bits per heavy atom. The zero-order valence-corrected chi connectivity index (χ0v) is 22.1. The van der Waals surface area contributed by atoms with Crippen molar-refractivity contribution >= 4 is 35.1 Å². The minimum absolute atomic E-state index is 0.124. The van der Waals surface area contributed by atoms with Gasteiger partial charge in [0, 0.05) is 10.5 Å². The molecule has 0 unspecified atom stereocenters. The quantitative estimate of drug-likeness (QED) is 0.269. The number of esters is 1. The number of aromatic nitrogens is 1. The first-order chi connectivity index (χ1) is 17.3. The number of rotatable bonds is 7. The largest absolute Gasteiger partial charge is 0.480 e. The highest BCUT2D eigenvalue weighted by Gasteiger charge is 2.33. The van der Waals surface area contributed by atoms with Gasteiger partial charge in [-0.15, -0.1) is 18.2 Å². The molecule has 2 heterocycles. The van der Waals surface area contributed by atoms with E-state index >= 15 is 0 Å². The molecule has 0 saturated heterocycles. The summed E-state index contributed by atoms with van der Waals surface area (Å²) in [5.74, 6) is 2.57. The molecule has 0 saturated carbocycles. The summed E-state index contributed by atoms with van der Waals surface area (Å²) < 4.78 is 13.3. The lowest BCUT2D eigenvalue weighted by atomic mass is 9.96. The Morgan fingerprint density at radius 3 is 2.64 bits per heavy atom. The molecule has 36 heavy (non-hydrogen) atoms. The SMILES string of the molecule is C#CCOc1ccccc1/C=c1\sc2n(c1=O)[C@@H](c1ccc(SC)cc1)C(C(=O)OC(C)C)=C(C)N=2. The minimum Gasteiger partial charge on any atom is -0.480 e. The van der Waals surface area contributed by atoms with Gasteiger partial charge in [-0.3, -0.25) is 9.36 Å². The van der Waals surface area contributed by atoms with Gasteiger partial charge in [0.15, 0.2) is 4.80 Å². The number of ether oxygens (including phenoxy) is 2. The van der Waals surface area contributed by atoms with E-state index in [0.29, 0.717) is 26.4 Å². The van der Waals surface area contributed by atoms with E-state index in [9.17, 15) is 9.59 Å². The van der Waals surface area contributed by atoms with E-state index in [1.54, 1.807) is 49.2 Å². The lowest BCUT2D eigenvalue weighted by Gasteiger charge is -2.25. The average Bonchev–Trinajstić information content (AvgIpc) is 3.16. The Labute approximate surface area is 218 Å². The fourth-order valence-electron chi connectivity index (χ4n) is 3.95.